The number of nitrogen functional groups attached to an aromatic ring is 1. The van der Waals surface area contributed by atoms with E-state index in [-0.39, 0.29) is 0 Å². The van der Waals surface area contributed by atoms with E-state index in [0.717, 1.165) is 11.4 Å². The number of benzene rings is 2. The Bertz CT molecular complexity index is 512. The summed E-state index contributed by atoms with van der Waals surface area (Å²) >= 11 is 12.0. The smallest absolute Gasteiger partial charge is 0.0827 e. The minimum absolute atomic E-state index is 0.506. The van der Waals surface area contributed by atoms with Crippen LogP contribution in [0.2, 0.25) is 10.0 Å². The third-order valence-electron chi connectivity index (χ3n) is 2.12. The van der Waals surface area contributed by atoms with Gasteiger partial charge in [0.25, 0.3) is 0 Å². The van der Waals surface area contributed by atoms with Crippen LogP contribution in [0.25, 0.3) is 0 Å². The van der Waals surface area contributed by atoms with Gasteiger partial charge in [-0.3, -0.25) is 0 Å². The fraction of sp³-hybridized carbons (Fsp3) is 0. The van der Waals surface area contributed by atoms with E-state index in [1.165, 1.54) is 0 Å². The van der Waals surface area contributed by atoms with E-state index in [4.69, 9.17) is 28.9 Å². The minimum atomic E-state index is 0.506. The van der Waals surface area contributed by atoms with Crippen molar-refractivity contribution in [3.8, 4) is 0 Å². The number of halogens is 2. The van der Waals surface area contributed by atoms with Crippen LogP contribution in [0.3, 0.4) is 0 Å². The first-order valence-electron chi connectivity index (χ1n) is 4.73. The number of nitrogens with one attached hydrogen (secondary N) is 1. The molecule has 2 nitrogen and oxygen atoms in total. The van der Waals surface area contributed by atoms with Gasteiger partial charge in [-0.2, -0.15) is 0 Å². The van der Waals surface area contributed by atoms with Crippen LogP contribution in [0.1, 0.15) is 0 Å². The maximum Gasteiger partial charge on any atom is 0.0827 e. The summed E-state index contributed by atoms with van der Waals surface area (Å²) in [6.45, 7) is 0. The standard InChI is InChI=1S/C12H10Cl2N2/c13-10-5-2-6-11(12(10)14)16-9-4-1-3-8(15)7-9/h1-7,16H,15H2. The molecule has 0 aliphatic rings. The third-order valence-corrected chi connectivity index (χ3v) is 2.94. The van der Waals surface area contributed by atoms with E-state index in [1.54, 1.807) is 6.07 Å². The fourth-order valence-corrected chi connectivity index (χ4v) is 1.72. The van der Waals surface area contributed by atoms with Gasteiger partial charge in [-0.15, -0.1) is 0 Å². The molecule has 82 valence electrons. The number of anilines is 3. The van der Waals surface area contributed by atoms with Crippen LogP contribution < -0.4 is 11.1 Å². The van der Waals surface area contributed by atoms with Crippen molar-refractivity contribution in [2.75, 3.05) is 11.1 Å². The average Bonchev–Trinajstić information content (AvgIpc) is 2.25. The Labute approximate surface area is 104 Å². The normalized spacial score (nSPS) is 10.1. The summed E-state index contributed by atoms with van der Waals surface area (Å²) in [6, 6.07) is 12.9. The zero-order chi connectivity index (χ0) is 11.5. The van der Waals surface area contributed by atoms with Crippen molar-refractivity contribution in [1.29, 1.82) is 0 Å². The predicted octanol–water partition coefficient (Wildman–Crippen LogP) is 4.32. The van der Waals surface area contributed by atoms with Crippen molar-refractivity contribution < 1.29 is 0 Å². The van der Waals surface area contributed by atoms with Crippen molar-refractivity contribution in [1.82, 2.24) is 0 Å². The van der Waals surface area contributed by atoms with E-state index in [2.05, 4.69) is 5.32 Å². The molecule has 0 saturated heterocycles. The molecule has 0 heterocycles. The maximum atomic E-state index is 6.06. The first kappa shape index (κ1) is 11.1. The lowest BCUT2D eigenvalue weighted by Gasteiger charge is -2.09. The topological polar surface area (TPSA) is 38.0 Å². The lowest BCUT2D eigenvalue weighted by Crippen LogP contribution is -1.93. The summed E-state index contributed by atoms with van der Waals surface area (Å²) in [5.74, 6) is 0. The van der Waals surface area contributed by atoms with E-state index in [0.29, 0.717) is 15.7 Å². The summed E-state index contributed by atoms with van der Waals surface area (Å²) in [7, 11) is 0. The van der Waals surface area contributed by atoms with E-state index in [9.17, 15) is 0 Å². The summed E-state index contributed by atoms with van der Waals surface area (Å²) in [5, 5.41) is 4.19. The van der Waals surface area contributed by atoms with Gasteiger partial charge < -0.3 is 11.1 Å². The summed E-state index contributed by atoms with van der Waals surface area (Å²) in [5.41, 5.74) is 8.02. The van der Waals surface area contributed by atoms with E-state index < -0.39 is 0 Å². The van der Waals surface area contributed by atoms with E-state index >= 15 is 0 Å². The molecule has 2 aromatic rings. The van der Waals surface area contributed by atoms with Gasteiger partial charge in [-0.25, -0.2) is 0 Å². The molecule has 0 saturated carbocycles. The Morgan fingerprint density at radius 3 is 2.50 bits per heavy atom. The number of hydrogen-bond donors (Lipinski definition) is 2. The fourth-order valence-electron chi connectivity index (χ4n) is 1.37. The average molecular weight is 253 g/mol. The highest BCUT2D eigenvalue weighted by Crippen LogP contribution is 2.31. The number of hydrogen-bond acceptors (Lipinski definition) is 2. The van der Waals surface area contributed by atoms with Gasteiger partial charge in [0.1, 0.15) is 0 Å². The van der Waals surface area contributed by atoms with Gasteiger partial charge in [-0.1, -0.05) is 35.3 Å². The lowest BCUT2D eigenvalue weighted by molar-refractivity contribution is 1.55. The highest BCUT2D eigenvalue weighted by atomic mass is 35.5. The largest absolute Gasteiger partial charge is 0.399 e. The van der Waals surface area contributed by atoms with Crippen molar-refractivity contribution in [3.63, 3.8) is 0 Å². The second-order valence-electron chi connectivity index (χ2n) is 3.35. The quantitative estimate of drug-likeness (QED) is 0.782. The monoisotopic (exact) mass is 252 g/mol. The number of nitrogens with two attached hydrogens (primary N) is 1. The molecule has 3 N–H and O–H groups in total. The van der Waals surface area contributed by atoms with Gasteiger partial charge in [0, 0.05) is 11.4 Å². The Hall–Kier alpha value is -1.38. The molecule has 0 bridgehead atoms. The van der Waals surface area contributed by atoms with Crippen LogP contribution in [0.4, 0.5) is 17.1 Å². The molecule has 0 aliphatic heterocycles. The predicted molar refractivity (Wildman–Crippen MR) is 70.6 cm³/mol. The van der Waals surface area contributed by atoms with Crippen molar-refractivity contribution in [2.45, 2.75) is 0 Å². The van der Waals surface area contributed by atoms with Gasteiger partial charge in [0.2, 0.25) is 0 Å². The van der Waals surface area contributed by atoms with Crippen LogP contribution in [-0.4, -0.2) is 0 Å². The first-order chi connectivity index (χ1) is 7.66. The molecule has 16 heavy (non-hydrogen) atoms. The second-order valence-corrected chi connectivity index (χ2v) is 4.14. The van der Waals surface area contributed by atoms with Crippen LogP contribution in [-0.2, 0) is 0 Å². The van der Waals surface area contributed by atoms with Crippen LogP contribution in [0, 0.1) is 0 Å². The molecular weight excluding hydrogens is 243 g/mol. The molecule has 2 rings (SSSR count). The Kier molecular flexibility index (Phi) is 3.22. The molecule has 4 heteroatoms. The maximum absolute atomic E-state index is 6.06. The Balaban J connectivity index is 2.31. The molecule has 0 fully saturated rings. The molecule has 0 unspecified atom stereocenters. The van der Waals surface area contributed by atoms with Gasteiger partial charge in [0.15, 0.2) is 0 Å². The molecule has 0 aromatic heterocycles. The molecule has 2 aromatic carbocycles. The van der Waals surface area contributed by atoms with Crippen molar-refractivity contribution >= 4 is 40.3 Å². The zero-order valence-corrected chi connectivity index (χ0v) is 9.89. The van der Waals surface area contributed by atoms with Crippen LogP contribution in [0.15, 0.2) is 42.5 Å². The van der Waals surface area contributed by atoms with Crippen molar-refractivity contribution in [2.24, 2.45) is 0 Å². The third kappa shape index (κ3) is 2.40. The first-order valence-corrected chi connectivity index (χ1v) is 5.49. The summed E-state index contributed by atoms with van der Waals surface area (Å²) in [4.78, 5) is 0. The highest BCUT2D eigenvalue weighted by molar-refractivity contribution is 6.43. The minimum Gasteiger partial charge on any atom is -0.399 e. The molecule has 0 amide bonds. The lowest BCUT2D eigenvalue weighted by atomic mass is 10.2. The van der Waals surface area contributed by atoms with Crippen molar-refractivity contribution in [3.05, 3.63) is 52.5 Å². The molecule has 0 aliphatic carbocycles. The summed E-state index contributed by atoms with van der Waals surface area (Å²) in [6.07, 6.45) is 0. The molecular formula is C12H10Cl2N2. The summed E-state index contributed by atoms with van der Waals surface area (Å²) < 4.78 is 0. The van der Waals surface area contributed by atoms with Gasteiger partial charge >= 0.3 is 0 Å². The second kappa shape index (κ2) is 4.64. The highest BCUT2D eigenvalue weighted by Gasteiger charge is 2.04. The Morgan fingerprint density at radius 1 is 1.00 bits per heavy atom. The number of rotatable bonds is 2. The Morgan fingerprint density at radius 2 is 1.75 bits per heavy atom. The van der Waals surface area contributed by atoms with Gasteiger partial charge in [0.05, 0.1) is 15.7 Å². The molecule has 0 spiro atoms. The SMILES string of the molecule is Nc1cccc(Nc2cccc(Cl)c2Cl)c1. The van der Waals surface area contributed by atoms with Crippen LogP contribution in [0.5, 0.6) is 0 Å². The van der Waals surface area contributed by atoms with Crippen LogP contribution >= 0.6 is 23.2 Å². The van der Waals surface area contributed by atoms with E-state index in [1.807, 2.05) is 36.4 Å². The van der Waals surface area contributed by atoms with Gasteiger partial charge in [-0.05, 0) is 30.3 Å². The molecule has 0 atom stereocenters. The zero-order valence-electron chi connectivity index (χ0n) is 8.37. The molecule has 0 radical (unpaired) electrons.